The van der Waals surface area contributed by atoms with Crippen LogP contribution in [0.4, 0.5) is 5.69 Å². The summed E-state index contributed by atoms with van der Waals surface area (Å²) in [5.41, 5.74) is 5.97. The highest BCUT2D eigenvalue weighted by molar-refractivity contribution is 6.13. The summed E-state index contributed by atoms with van der Waals surface area (Å²) in [6.45, 7) is 2.00. The second-order valence-electron chi connectivity index (χ2n) is 5.73. The molecule has 0 amide bonds. The van der Waals surface area contributed by atoms with E-state index in [4.69, 9.17) is 4.99 Å². The Balaban J connectivity index is 1.86. The molecule has 2 heterocycles. The molecule has 0 atom stereocenters. The Hall–Kier alpha value is -3.20. The Morgan fingerprint density at radius 2 is 1.50 bits per heavy atom. The minimum atomic E-state index is 0.899. The van der Waals surface area contributed by atoms with Gasteiger partial charge in [0.15, 0.2) is 0 Å². The van der Waals surface area contributed by atoms with Gasteiger partial charge in [-0.25, -0.2) is 9.98 Å². The van der Waals surface area contributed by atoms with Crippen molar-refractivity contribution in [2.75, 3.05) is 0 Å². The van der Waals surface area contributed by atoms with E-state index in [0.717, 1.165) is 33.9 Å². The Bertz CT molecular complexity index is 958. The Kier molecular flexibility index (Phi) is 3.67. The van der Waals surface area contributed by atoms with Crippen molar-refractivity contribution >= 4 is 17.0 Å². The molecule has 0 radical (unpaired) electrons. The van der Waals surface area contributed by atoms with E-state index < -0.39 is 0 Å². The average molecular weight is 311 g/mol. The molecule has 2 aromatic heterocycles. The van der Waals surface area contributed by atoms with Crippen molar-refractivity contribution in [3.05, 3.63) is 102 Å². The van der Waals surface area contributed by atoms with E-state index in [0.29, 0.717) is 0 Å². The summed E-state index contributed by atoms with van der Waals surface area (Å²) in [7, 11) is 0. The maximum absolute atomic E-state index is 4.92. The molecule has 0 bridgehead atoms. The molecule has 0 saturated heterocycles. The van der Waals surface area contributed by atoms with E-state index in [9.17, 15) is 0 Å². The van der Waals surface area contributed by atoms with Crippen LogP contribution in [0.15, 0.2) is 90.2 Å². The van der Waals surface area contributed by atoms with Gasteiger partial charge < -0.3 is 4.40 Å². The fourth-order valence-corrected chi connectivity index (χ4v) is 2.78. The molecule has 4 aromatic rings. The van der Waals surface area contributed by atoms with Gasteiger partial charge in [0.2, 0.25) is 0 Å². The molecule has 0 N–H and O–H groups in total. The molecule has 0 saturated carbocycles. The number of rotatable bonds is 3. The molecular weight excluding hydrogens is 294 g/mol. The topological polar surface area (TPSA) is 29.7 Å². The predicted octanol–water partition coefficient (Wildman–Crippen LogP) is 4.81. The first kappa shape index (κ1) is 14.4. The van der Waals surface area contributed by atoms with Gasteiger partial charge >= 0.3 is 0 Å². The zero-order valence-corrected chi connectivity index (χ0v) is 13.4. The highest BCUT2D eigenvalue weighted by Crippen LogP contribution is 2.20. The number of fused-ring (bicyclic) bond motifs is 1. The maximum atomic E-state index is 4.92. The Morgan fingerprint density at radius 3 is 2.12 bits per heavy atom. The number of aryl methyl sites for hydroxylation is 1. The summed E-state index contributed by atoms with van der Waals surface area (Å²) in [5, 5.41) is 0. The number of nitrogens with zero attached hydrogens (tertiary/aromatic N) is 3. The molecule has 0 aliphatic carbocycles. The van der Waals surface area contributed by atoms with Crippen LogP contribution in [0.2, 0.25) is 0 Å². The minimum absolute atomic E-state index is 0.899. The second kappa shape index (κ2) is 6.13. The van der Waals surface area contributed by atoms with Gasteiger partial charge in [0.25, 0.3) is 0 Å². The second-order valence-corrected chi connectivity index (χ2v) is 5.73. The van der Waals surface area contributed by atoms with Gasteiger partial charge in [-0.2, -0.15) is 0 Å². The quantitative estimate of drug-likeness (QED) is 0.499. The number of imidazole rings is 1. The van der Waals surface area contributed by atoms with Gasteiger partial charge in [0, 0.05) is 29.6 Å². The molecule has 0 spiro atoms. The summed E-state index contributed by atoms with van der Waals surface area (Å²) in [6, 6.07) is 24.6. The third kappa shape index (κ3) is 2.84. The lowest BCUT2D eigenvalue weighted by molar-refractivity contribution is 1.18. The van der Waals surface area contributed by atoms with Crippen LogP contribution in [0.25, 0.3) is 5.65 Å². The zero-order valence-electron chi connectivity index (χ0n) is 13.4. The van der Waals surface area contributed by atoms with Crippen LogP contribution >= 0.6 is 0 Å². The molecular formula is C21H17N3. The van der Waals surface area contributed by atoms with E-state index in [1.54, 1.807) is 0 Å². The molecule has 116 valence electrons. The lowest BCUT2D eigenvalue weighted by atomic mass is 10.0. The Morgan fingerprint density at radius 1 is 0.875 bits per heavy atom. The van der Waals surface area contributed by atoms with Crippen molar-refractivity contribution in [3.63, 3.8) is 0 Å². The molecule has 0 unspecified atom stereocenters. The van der Waals surface area contributed by atoms with Crippen molar-refractivity contribution in [1.29, 1.82) is 0 Å². The lowest BCUT2D eigenvalue weighted by Crippen LogP contribution is -2.02. The van der Waals surface area contributed by atoms with Crippen LogP contribution < -0.4 is 0 Å². The number of aliphatic imine (C=N–C) groups is 1. The SMILES string of the molecule is Cc1cn2ccc(N=C(c3ccccc3)c3ccccc3)cc2n1. The normalized spacial score (nSPS) is 10.7. The van der Waals surface area contributed by atoms with E-state index in [1.807, 2.05) is 72.2 Å². The monoisotopic (exact) mass is 311 g/mol. The van der Waals surface area contributed by atoms with Gasteiger partial charge in [-0.3, -0.25) is 0 Å². The third-order valence-corrected chi connectivity index (χ3v) is 3.90. The first-order valence-corrected chi connectivity index (χ1v) is 7.94. The van der Waals surface area contributed by atoms with Crippen LogP contribution in [0.1, 0.15) is 16.8 Å². The van der Waals surface area contributed by atoms with Crippen LogP contribution in [0, 0.1) is 6.92 Å². The fraction of sp³-hybridized carbons (Fsp3) is 0.0476. The van der Waals surface area contributed by atoms with Gasteiger partial charge in [-0.15, -0.1) is 0 Å². The molecule has 0 fully saturated rings. The first-order valence-electron chi connectivity index (χ1n) is 7.94. The number of hydrogen-bond donors (Lipinski definition) is 0. The number of hydrogen-bond acceptors (Lipinski definition) is 2. The highest BCUT2D eigenvalue weighted by atomic mass is 15.0. The number of pyridine rings is 1. The Labute approximate surface area is 141 Å². The molecule has 2 aromatic carbocycles. The maximum Gasteiger partial charge on any atom is 0.139 e. The van der Waals surface area contributed by atoms with Crippen molar-refractivity contribution in [1.82, 2.24) is 9.38 Å². The van der Waals surface area contributed by atoms with E-state index in [2.05, 4.69) is 29.2 Å². The van der Waals surface area contributed by atoms with Crippen LogP contribution in [0.5, 0.6) is 0 Å². The average Bonchev–Trinajstić information content (AvgIpc) is 3.00. The smallest absolute Gasteiger partial charge is 0.139 e. The minimum Gasteiger partial charge on any atom is -0.307 e. The van der Waals surface area contributed by atoms with E-state index in [-0.39, 0.29) is 0 Å². The summed E-state index contributed by atoms with van der Waals surface area (Å²) in [6.07, 6.45) is 4.01. The predicted molar refractivity (Wildman–Crippen MR) is 98.1 cm³/mol. The lowest BCUT2D eigenvalue weighted by Gasteiger charge is -2.08. The summed E-state index contributed by atoms with van der Waals surface area (Å²) >= 11 is 0. The molecule has 24 heavy (non-hydrogen) atoms. The van der Waals surface area contributed by atoms with Gasteiger partial charge in [-0.05, 0) is 13.0 Å². The zero-order chi connectivity index (χ0) is 16.4. The molecule has 3 nitrogen and oxygen atoms in total. The number of aromatic nitrogens is 2. The summed E-state index contributed by atoms with van der Waals surface area (Å²) < 4.78 is 2.01. The summed E-state index contributed by atoms with van der Waals surface area (Å²) in [4.78, 5) is 9.44. The van der Waals surface area contributed by atoms with Gasteiger partial charge in [0.1, 0.15) is 5.65 Å². The van der Waals surface area contributed by atoms with Crippen molar-refractivity contribution < 1.29 is 0 Å². The fourth-order valence-electron chi connectivity index (χ4n) is 2.78. The number of benzene rings is 2. The van der Waals surface area contributed by atoms with Crippen molar-refractivity contribution in [2.24, 2.45) is 4.99 Å². The summed E-state index contributed by atoms with van der Waals surface area (Å²) in [5.74, 6) is 0. The van der Waals surface area contributed by atoms with Crippen LogP contribution in [-0.4, -0.2) is 15.1 Å². The van der Waals surface area contributed by atoms with Gasteiger partial charge in [-0.1, -0.05) is 60.7 Å². The van der Waals surface area contributed by atoms with Crippen LogP contribution in [-0.2, 0) is 0 Å². The first-order chi connectivity index (χ1) is 11.8. The molecule has 3 heteroatoms. The highest BCUT2D eigenvalue weighted by Gasteiger charge is 2.07. The van der Waals surface area contributed by atoms with Crippen molar-refractivity contribution in [3.8, 4) is 0 Å². The molecule has 4 rings (SSSR count). The standard InChI is InChI=1S/C21H17N3/c1-16-15-24-13-12-19(14-20(24)22-16)23-21(17-8-4-2-5-9-17)18-10-6-3-7-11-18/h2-15H,1H3. The molecule has 0 aliphatic rings. The van der Waals surface area contributed by atoms with E-state index >= 15 is 0 Å². The van der Waals surface area contributed by atoms with E-state index in [1.165, 1.54) is 0 Å². The molecule has 0 aliphatic heterocycles. The van der Waals surface area contributed by atoms with Crippen LogP contribution in [0.3, 0.4) is 0 Å². The third-order valence-electron chi connectivity index (χ3n) is 3.90. The van der Waals surface area contributed by atoms with Crippen molar-refractivity contribution in [2.45, 2.75) is 6.92 Å². The largest absolute Gasteiger partial charge is 0.307 e. The van der Waals surface area contributed by atoms with Gasteiger partial charge in [0.05, 0.1) is 17.1 Å².